The van der Waals surface area contributed by atoms with Crippen molar-refractivity contribution in [2.45, 2.75) is 50.2 Å². The third kappa shape index (κ3) is 9.34. The molecule has 53 heavy (non-hydrogen) atoms. The van der Waals surface area contributed by atoms with Crippen LogP contribution in [0.3, 0.4) is 0 Å². The first-order valence-corrected chi connectivity index (χ1v) is 19.9. The number of carbonyl (C=O) groups excluding carboxylic acids is 4. The van der Waals surface area contributed by atoms with Crippen LogP contribution in [0, 0.1) is 11.3 Å². The summed E-state index contributed by atoms with van der Waals surface area (Å²) in [5.74, 6) is -1.16. The molecule has 2 heterocycles. The second kappa shape index (κ2) is 16.8. The van der Waals surface area contributed by atoms with E-state index in [2.05, 4.69) is 36.7 Å². The van der Waals surface area contributed by atoms with Crippen molar-refractivity contribution in [1.82, 2.24) is 5.32 Å². The van der Waals surface area contributed by atoms with E-state index in [0.717, 1.165) is 45.0 Å². The van der Waals surface area contributed by atoms with E-state index in [4.69, 9.17) is 4.74 Å². The van der Waals surface area contributed by atoms with Crippen molar-refractivity contribution < 1.29 is 23.9 Å². The number of esters is 1. The van der Waals surface area contributed by atoms with Gasteiger partial charge in [0.05, 0.1) is 12.7 Å². The van der Waals surface area contributed by atoms with Gasteiger partial charge in [0.1, 0.15) is 15.9 Å². The van der Waals surface area contributed by atoms with Crippen molar-refractivity contribution >= 4 is 74.9 Å². The Morgan fingerprint density at radius 1 is 0.906 bits per heavy atom. The molecule has 1 aliphatic carbocycles. The van der Waals surface area contributed by atoms with Gasteiger partial charge in [0.25, 0.3) is 11.8 Å². The Balaban J connectivity index is 1.24. The molecule has 11 heteroatoms. The van der Waals surface area contributed by atoms with Gasteiger partial charge in [-0.15, -0.1) is 34.4 Å². The number of benzene rings is 3. The number of thioether (sulfide) groups is 1. The second-order valence-electron chi connectivity index (χ2n) is 13.8. The van der Waals surface area contributed by atoms with E-state index in [1.165, 1.54) is 41.5 Å². The van der Waals surface area contributed by atoms with E-state index in [1.54, 1.807) is 48.5 Å². The van der Waals surface area contributed by atoms with Crippen LogP contribution < -0.4 is 16.0 Å². The van der Waals surface area contributed by atoms with Gasteiger partial charge in [-0.2, -0.15) is 0 Å². The Kier molecular flexibility index (Phi) is 12.0. The minimum Gasteiger partial charge on any atom is -0.465 e. The number of nitrogens with one attached hydrogen (secondary N) is 3. The van der Waals surface area contributed by atoms with E-state index < -0.39 is 23.0 Å². The third-order valence-corrected chi connectivity index (χ3v) is 12.4. The first-order chi connectivity index (χ1) is 25.5. The first kappa shape index (κ1) is 37.8. The minimum atomic E-state index is -0.687. The smallest absolute Gasteiger partial charge is 0.341 e. The molecule has 2 unspecified atom stereocenters. The van der Waals surface area contributed by atoms with Crippen molar-refractivity contribution in [3.63, 3.8) is 0 Å². The van der Waals surface area contributed by atoms with Crippen LogP contribution in [0.4, 0.5) is 10.7 Å². The number of amides is 3. The maximum absolute atomic E-state index is 14.2. The highest BCUT2D eigenvalue weighted by atomic mass is 32.2. The highest BCUT2D eigenvalue weighted by Crippen LogP contribution is 2.45. The Hall–Kier alpha value is -4.97. The maximum Gasteiger partial charge on any atom is 0.341 e. The molecule has 2 aromatic heterocycles. The summed E-state index contributed by atoms with van der Waals surface area (Å²) in [6.07, 6.45) is 4.21. The summed E-state index contributed by atoms with van der Waals surface area (Å²) in [5.41, 5.74) is 3.33. The molecule has 3 aromatic carbocycles. The normalized spacial score (nSPS) is 14.8. The SMILES string of the molecule is COC(=O)c1c(NC(=O)C(Sc2cccc(NC(=O)/C(=C/c3cccs3)NC(=O)c3ccccc3)c2)c2ccccc2)sc2c1CCC(C(C)(C)C)C2. The summed E-state index contributed by atoms with van der Waals surface area (Å²) in [6.45, 7) is 6.73. The molecule has 0 radical (unpaired) electrons. The zero-order valence-electron chi connectivity index (χ0n) is 29.9. The average molecular weight is 764 g/mol. The Bertz CT molecular complexity index is 2120. The van der Waals surface area contributed by atoms with Gasteiger partial charge in [0.15, 0.2) is 0 Å². The van der Waals surface area contributed by atoms with Gasteiger partial charge in [-0.25, -0.2) is 4.79 Å². The topological polar surface area (TPSA) is 114 Å². The largest absolute Gasteiger partial charge is 0.465 e. The van der Waals surface area contributed by atoms with Crippen molar-refractivity contribution in [2.75, 3.05) is 17.7 Å². The predicted octanol–water partition coefficient (Wildman–Crippen LogP) is 9.63. The molecular weight excluding hydrogens is 723 g/mol. The van der Waals surface area contributed by atoms with Crippen LogP contribution in [0.5, 0.6) is 0 Å². The van der Waals surface area contributed by atoms with E-state index in [9.17, 15) is 19.2 Å². The Labute approximate surface area is 322 Å². The molecule has 0 saturated carbocycles. The van der Waals surface area contributed by atoms with Gasteiger partial charge in [-0.3, -0.25) is 14.4 Å². The van der Waals surface area contributed by atoms with Crippen LogP contribution in [0.1, 0.15) is 74.0 Å². The lowest BCUT2D eigenvalue weighted by Crippen LogP contribution is -2.30. The summed E-state index contributed by atoms with van der Waals surface area (Å²) in [4.78, 5) is 56.7. The standard InChI is InChI=1S/C42H41N3O5S3/c1-42(2,3)28-20-21-32-34(23-28)53-40(35(32)41(49)50-4)45-39(48)36(26-13-7-5-8-14-26)52-31-18-11-17-29(24-31)43-38(47)33(25-30-19-12-22-51-30)44-37(46)27-15-9-6-10-16-27/h5-19,22,24-25,28,36H,20-21,23H2,1-4H3,(H,43,47)(H,44,46)(H,45,48)/b33-25-. The van der Waals surface area contributed by atoms with Gasteiger partial charge < -0.3 is 20.7 Å². The minimum absolute atomic E-state index is 0.0924. The molecule has 0 spiro atoms. The zero-order chi connectivity index (χ0) is 37.5. The molecule has 8 nitrogen and oxygen atoms in total. The van der Waals surface area contributed by atoms with E-state index >= 15 is 0 Å². The molecule has 272 valence electrons. The summed E-state index contributed by atoms with van der Waals surface area (Å²) in [7, 11) is 1.37. The molecule has 0 fully saturated rings. The number of anilines is 2. The summed E-state index contributed by atoms with van der Waals surface area (Å²) < 4.78 is 5.20. The molecule has 2 atom stereocenters. The number of ether oxygens (including phenoxy) is 1. The zero-order valence-corrected chi connectivity index (χ0v) is 32.4. The van der Waals surface area contributed by atoms with Crippen LogP contribution in [0.25, 0.3) is 6.08 Å². The van der Waals surface area contributed by atoms with E-state index in [-0.39, 0.29) is 17.0 Å². The molecule has 0 saturated heterocycles. The second-order valence-corrected chi connectivity index (χ2v) is 17.0. The summed E-state index contributed by atoms with van der Waals surface area (Å²) in [6, 6.07) is 29.1. The number of rotatable bonds is 11. The van der Waals surface area contributed by atoms with Gasteiger partial charge in [0, 0.05) is 25.9 Å². The highest BCUT2D eigenvalue weighted by molar-refractivity contribution is 8.00. The first-order valence-electron chi connectivity index (χ1n) is 17.3. The highest BCUT2D eigenvalue weighted by Gasteiger charge is 2.35. The van der Waals surface area contributed by atoms with Crippen molar-refractivity contribution in [3.05, 3.63) is 140 Å². The molecule has 3 amide bonds. The van der Waals surface area contributed by atoms with Crippen LogP contribution >= 0.6 is 34.4 Å². The van der Waals surface area contributed by atoms with Gasteiger partial charge in [-0.1, -0.05) is 81.4 Å². The Morgan fingerprint density at radius 3 is 2.32 bits per heavy atom. The quantitative estimate of drug-likeness (QED) is 0.0702. The molecule has 3 N–H and O–H groups in total. The molecule has 0 aliphatic heterocycles. The van der Waals surface area contributed by atoms with E-state index in [0.29, 0.717) is 27.7 Å². The summed E-state index contributed by atoms with van der Waals surface area (Å²) >= 11 is 4.24. The third-order valence-electron chi connectivity index (χ3n) is 9.16. The lowest BCUT2D eigenvalue weighted by Gasteiger charge is -2.33. The van der Waals surface area contributed by atoms with Crippen molar-refractivity contribution in [2.24, 2.45) is 11.3 Å². The van der Waals surface area contributed by atoms with Crippen LogP contribution in [0.15, 0.2) is 113 Å². The fraction of sp³-hybridized carbons (Fsp3) is 0.238. The molecular formula is C42H41N3O5S3. The van der Waals surface area contributed by atoms with Gasteiger partial charge >= 0.3 is 5.97 Å². The molecule has 5 aromatic rings. The lowest BCUT2D eigenvalue weighted by molar-refractivity contribution is -0.116. The monoisotopic (exact) mass is 763 g/mol. The fourth-order valence-corrected chi connectivity index (χ4v) is 9.31. The van der Waals surface area contributed by atoms with Gasteiger partial charge in [0.2, 0.25) is 5.91 Å². The molecule has 1 aliphatic rings. The number of methoxy groups -OCH3 is 1. The van der Waals surface area contributed by atoms with Crippen LogP contribution in [0.2, 0.25) is 0 Å². The number of hydrogen-bond acceptors (Lipinski definition) is 8. The summed E-state index contributed by atoms with van der Waals surface area (Å²) in [5, 5.41) is 10.5. The van der Waals surface area contributed by atoms with E-state index in [1.807, 2.05) is 60.0 Å². The molecule has 6 rings (SSSR count). The van der Waals surface area contributed by atoms with Crippen molar-refractivity contribution in [1.29, 1.82) is 0 Å². The molecule has 0 bridgehead atoms. The van der Waals surface area contributed by atoms with Crippen molar-refractivity contribution in [3.8, 4) is 0 Å². The lowest BCUT2D eigenvalue weighted by atomic mass is 9.72. The maximum atomic E-state index is 14.2. The predicted molar refractivity (Wildman–Crippen MR) is 216 cm³/mol. The van der Waals surface area contributed by atoms with Gasteiger partial charge in [-0.05, 0) is 89.6 Å². The average Bonchev–Trinajstić information content (AvgIpc) is 3.81. The number of hydrogen-bond donors (Lipinski definition) is 3. The number of fused-ring (bicyclic) bond motifs is 1. The fourth-order valence-electron chi connectivity index (χ4n) is 6.25. The van der Waals surface area contributed by atoms with Crippen LogP contribution in [-0.4, -0.2) is 30.8 Å². The van der Waals surface area contributed by atoms with Crippen LogP contribution in [-0.2, 0) is 27.2 Å². The Morgan fingerprint density at radius 2 is 1.64 bits per heavy atom. The number of carbonyl (C=O) groups is 4. The number of thiophene rings is 2.